The number of nitro groups is 1. The molecule has 0 aliphatic heterocycles. The van der Waals surface area contributed by atoms with E-state index in [1.54, 1.807) is 19.3 Å². The maximum atomic E-state index is 10.2. The summed E-state index contributed by atoms with van der Waals surface area (Å²) in [4.78, 5) is 9.59. The predicted molar refractivity (Wildman–Crippen MR) is 43.5 cm³/mol. The Labute approximate surface area is 68.8 Å². The van der Waals surface area contributed by atoms with Gasteiger partial charge >= 0.3 is 5.88 Å². The smallest absolute Gasteiger partial charge is 0.401 e. The summed E-state index contributed by atoms with van der Waals surface area (Å²) in [6, 6.07) is 2.85. The van der Waals surface area contributed by atoms with E-state index in [0.717, 1.165) is 0 Å². The van der Waals surface area contributed by atoms with Crippen LogP contribution in [0.25, 0.3) is 6.08 Å². The predicted octanol–water partition coefficient (Wildman–Crippen LogP) is 1.38. The van der Waals surface area contributed by atoms with Gasteiger partial charge in [0.15, 0.2) is 0 Å². The Morgan fingerprint density at radius 1 is 1.67 bits per heavy atom. The van der Waals surface area contributed by atoms with Gasteiger partial charge in [-0.15, -0.1) is 0 Å². The van der Waals surface area contributed by atoms with Gasteiger partial charge in [0, 0.05) is 7.05 Å². The summed E-state index contributed by atoms with van der Waals surface area (Å²) < 4.78 is 4.82. The fourth-order valence-corrected chi connectivity index (χ4v) is 0.695. The van der Waals surface area contributed by atoms with Crippen molar-refractivity contribution in [1.29, 1.82) is 0 Å². The molecule has 1 N–H and O–H groups in total. The van der Waals surface area contributed by atoms with Crippen molar-refractivity contribution in [2.75, 3.05) is 7.05 Å². The van der Waals surface area contributed by atoms with Gasteiger partial charge in [-0.1, -0.05) is 0 Å². The van der Waals surface area contributed by atoms with Crippen LogP contribution in [-0.4, -0.2) is 12.0 Å². The second kappa shape index (κ2) is 3.56. The van der Waals surface area contributed by atoms with Crippen molar-refractivity contribution in [3.63, 3.8) is 0 Å². The fraction of sp³-hybridized carbons (Fsp3) is 0.143. The molecule has 0 saturated heterocycles. The second-order valence-electron chi connectivity index (χ2n) is 2.06. The first-order valence-corrected chi connectivity index (χ1v) is 3.32. The molecule has 0 aliphatic rings. The molecule has 0 atom stereocenters. The van der Waals surface area contributed by atoms with Crippen LogP contribution in [0, 0.1) is 10.1 Å². The van der Waals surface area contributed by atoms with Crippen molar-refractivity contribution in [1.82, 2.24) is 5.32 Å². The minimum absolute atomic E-state index is 0.245. The van der Waals surface area contributed by atoms with Gasteiger partial charge in [-0.05, 0) is 18.3 Å². The molecule has 1 heterocycles. The van der Waals surface area contributed by atoms with Crippen LogP contribution in [0.4, 0.5) is 5.88 Å². The lowest BCUT2D eigenvalue weighted by Crippen LogP contribution is -1.89. The topological polar surface area (TPSA) is 68.3 Å². The molecule has 0 aromatic carbocycles. The average molecular weight is 168 g/mol. The van der Waals surface area contributed by atoms with E-state index in [4.69, 9.17) is 4.42 Å². The zero-order chi connectivity index (χ0) is 8.97. The largest absolute Gasteiger partial charge is 0.433 e. The molecule has 1 aromatic rings. The molecule has 1 rings (SSSR count). The summed E-state index contributed by atoms with van der Waals surface area (Å²) in [6.45, 7) is 0. The van der Waals surface area contributed by atoms with Gasteiger partial charge in [-0.2, -0.15) is 0 Å². The summed E-state index contributed by atoms with van der Waals surface area (Å²) >= 11 is 0. The molecule has 12 heavy (non-hydrogen) atoms. The fourth-order valence-electron chi connectivity index (χ4n) is 0.695. The van der Waals surface area contributed by atoms with Gasteiger partial charge in [-0.25, -0.2) is 0 Å². The Balaban J connectivity index is 2.77. The van der Waals surface area contributed by atoms with E-state index in [1.807, 2.05) is 0 Å². The molecule has 0 saturated carbocycles. The van der Waals surface area contributed by atoms with Crippen LogP contribution < -0.4 is 5.32 Å². The molecule has 64 valence electrons. The Hall–Kier alpha value is -1.78. The van der Waals surface area contributed by atoms with E-state index >= 15 is 0 Å². The number of nitrogens with one attached hydrogen (secondary N) is 1. The highest BCUT2D eigenvalue weighted by molar-refractivity contribution is 5.43. The lowest BCUT2D eigenvalue weighted by atomic mass is 10.4. The SMILES string of the molecule is CN/C=C/c1ccc([N+](=O)[O-])o1. The first-order valence-electron chi connectivity index (χ1n) is 3.32. The van der Waals surface area contributed by atoms with Crippen LogP contribution >= 0.6 is 0 Å². The van der Waals surface area contributed by atoms with Crippen molar-refractivity contribution >= 4 is 12.0 Å². The molecular weight excluding hydrogens is 160 g/mol. The third-order valence-corrected chi connectivity index (χ3v) is 1.21. The zero-order valence-corrected chi connectivity index (χ0v) is 6.48. The Morgan fingerprint density at radius 3 is 2.92 bits per heavy atom. The van der Waals surface area contributed by atoms with Crippen LogP contribution in [0.1, 0.15) is 5.76 Å². The van der Waals surface area contributed by atoms with E-state index < -0.39 is 4.92 Å². The third-order valence-electron chi connectivity index (χ3n) is 1.21. The van der Waals surface area contributed by atoms with E-state index in [-0.39, 0.29) is 5.88 Å². The standard InChI is InChI=1S/C7H8N2O3/c1-8-5-4-6-2-3-7(12-6)9(10)11/h2-5,8H,1H3/b5-4+. The Kier molecular flexibility index (Phi) is 2.47. The average Bonchev–Trinajstić information content (AvgIpc) is 2.48. The van der Waals surface area contributed by atoms with Crippen molar-refractivity contribution < 1.29 is 9.34 Å². The molecule has 0 bridgehead atoms. The van der Waals surface area contributed by atoms with E-state index in [1.165, 1.54) is 12.1 Å². The van der Waals surface area contributed by atoms with Crippen LogP contribution in [-0.2, 0) is 0 Å². The normalized spacial score (nSPS) is 10.4. The molecule has 0 fully saturated rings. The van der Waals surface area contributed by atoms with Gasteiger partial charge in [0.25, 0.3) is 0 Å². The molecule has 1 aromatic heterocycles. The third kappa shape index (κ3) is 1.85. The number of furan rings is 1. The maximum absolute atomic E-state index is 10.2. The monoisotopic (exact) mass is 168 g/mol. The second-order valence-corrected chi connectivity index (χ2v) is 2.06. The molecule has 0 amide bonds. The molecule has 0 radical (unpaired) electrons. The van der Waals surface area contributed by atoms with Crippen LogP contribution in [0.3, 0.4) is 0 Å². The minimum atomic E-state index is -0.573. The van der Waals surface area contributed by atoms with Crippen molar-refractivity contribution in [3.8, 4) is 0 Å². The Morgan fingerprint density at radius 2 is 2.42 bits per heavy atom. The van der Waals surface area contributed by atoms with Gasteiger partial charge in [-0.3, -0.25) is 10.1 Å². The molecular formula is C7H8N2O3. The first kappa shape index (κ1) is 8.32. The van der Waals surface area contributed by atoms with Gasteiger partial charge in [0.1, 0.15) is 10.7 Å². The number of nitrogens with zero attached hydrogens (tertiary/aromatic N) is 1. The van der Waals surface area contributed by atoms with Crippen LogP contribution in [0.15, 0.2) is 22.7 Å². The summed E-state index contributed by atoms with van der Waals surface area (Å²) in [5.41, 5.74) is 0. The first-order chi connectivity index (χ1) is 5.74. The van der Waals surface area contributed by atoms with E-state index in [2.05, 4.69) is 5.32 Å². The summed E-state index contributed by atoms with van der Waals surface area (Å²) in [5.74, 6) is 0.210. The molecule has 5 nitrogen and oxygen atoms in total. The Bertz CT molecular complexity index is 303. The highest BCUT2D eigenvalue weighted by atomic mass is 16.6. The minimum Gasteiger partial charge on any atom is -0.401 e. The summed E-state index contributed by atoms with van der Waals surface area (Å²) in [5, 5.41) is 12.9. The zero-order valence-electron chi connectivity index (χ0n) is 6.48. The maximum Gasteiger partial charge on any atom is 0.433 e. The quantitative estimate of drug-likeness (QED) is 0.546. The van der Waals surface area contributed by atoms with E-state index in [9.17, 15) is 10.1 Å². The van der Waals surface area contributed by atoms with Gasteiger partial charge in [0.2, 0.25) is 0 Å². The molecule has 0 aliphatic carbocycles. The lowest BCUT2D eigenvalue weighted by Gasteiger charge is -1.84. The molecule has 0 spiro atoms. The van der Waals surface area contributed by atoms with Crippen molar-refractivity contribution in [2.45, 2.75) is 0 Å². The van der Waals surface area contributed by atoms with E-state index in [0.29, 0.717) is 5.76 Å². The highest BCUT2D eigenvalue weighted by Gasteiger charge is 2.09. The van der Waals surface area contributed by atoms with Crippen molar-refractivity contribution in [2.24, 2.45) is 0 Å². The van der Waals surface area contributed by atoms with Crippen LogP contribution in [0.5, 0.6) is 0 Å². The highest BCUT2D eigenvalue weighted by Crippen LogP contribution is 2.16. The summed E-state index contributed by atoms with van der Waals surface area (Å²) in [6.07, 6.45) is 3.23. The number of rotatable bonds is 3. The van der Waals surface area contributed by atoms with Gasteiger partial charge in [0.05, 0.1) is 6.07 Å². The van der Waals surface area contributed by atoms with Crippen LogP contribution in [0.2, 0.25) is 0 Å². The molecule has 5 heteroatoms. The number of hydrogen-bond donors (Lipinski definition) is 1. The number of hydrogen-bond acceptors (Lipinski definition) is 4. The van der Waals surface area contributed by atoms with Crippen molar-refractivity contribution in [3.05, 3.63) is 34.2 Å². The van der Waals surface area contributed by atoms with Gasteiger partial charge < -0.3 is 9.73 Å². The lowest BCUT2D eigenvalue weighted by molar-refractivity contribution is -0.402. The summed E-state index contributed by atoms with van der Waals surface area (Å²) in [7, 11) is 1.73. The molecule has 0 unspecified atom stereocenters.